The quantitative estimate of drug-likeness (QED) is 0.765. The zero-order valence-electron chi connectivity index (χ0n) is 12.5. The van der Waals surface area contributed by atoms with Crippen LogP contribution in [0.5, 0.6) is 0 Å². The van der Waals surface area contributed by atoms with Crippen molar-refractivity contribution >= 4 is 28.3 Å². The molecule has 1 aliphatic heterocycles. The summed E-state index contributed by atoms with van der Waals surface area (Å²) in [5, 5.41) is 0. The zero-order valence-corrected chi connectivity index (χ0v) is 14.1. The molecule has 0 fully saturated rings. The van der Waals surface area contributed by atoms with Crippen molar-refractivity contribution in [3.63, 3.8) is 0 Å². The summed E-state index contributed by atoms with van der Waals surface area (Å²) in [6.45, 7) is 1.35. The first-order valence-corrected chi connectivity index (χ1v) is 8.19. The van der Waals surface area contributed by atoms with Gasteiger partial charge in [-0.25, -0.2) is 4.79 Å². The van der Waals surface area contributed by atoms with E-state index in [-0.39, 0.29) is 12.7 Å². The fourth-order valence-electron chi connectivity index (χ4n) is 2.66. The Bertz CT molecular complexity index is 731. The van der Waals surface area contributed by atoms with Gasteiger partial charge in [0.25, 0.3) is 0 Å². The molecule has 118 valence electrons. The molecule has 3 rings (SSSR count). The van der Waals surface area contributed by atoms with Gasteiger partial charge < -0.3 is 9.64 Å². The second-order valence-corrected chi connectivity index (χ2v) is 6.33. The van der Waals surface area contributed by atoms with Gasteiger partial charge in [0.15, 0.2) is 6.29 Å². The second kappa shape index (κ2) is 6.96. The van der Waals surface area contributed by atoms with Crippen molar-refractivity contribution in [1.29, 1.82) is 0 Å². The van der Waals surface area contributed by atoms with Crippen molar-refractivity contribution in [3.8, 4) is 0 Å². The smallest absolute Gasteiger partial charge is 0.410 e. The molecule has 0 unspecified atom stereocenters. The Morgan fingerprint density at radius 1 is 1.22 bits per heavy atom. The number of aldehydes is 1. The highest BCUT2D eigenvalue weighted by Gasteiger charge is 2.22. The second-order valence-electron chi connectivity index (χ2n) is 5.47. The third-order valence-corrected chi connectivity index (χ3v) is 4.61. The van der Waals surface area contributed by atoms with Crippen molar-refractivity contribution in [2.24, 2.45) is 0 Å². The first-order chi connectivity index (χ1) is 11.2. The van der Waals surface area contributed by atoms with Gasteiger partial charge in [-0.1, -0.05) is 46.3 Å². The van der Waals surface area contributed by atoms with E-state index in [1.807, 2.05) is 42.5 Å². The summed E-state index contributed by atoms with van der Waals surface area (Å²) in [7, 11) is 0. The number of rotatable bonds is 3. The lowest BCUT2D eigenvalue weighted by Crippen LogP contribution is -2.36. The number of amides is 1. The van der Waals surface area contributed by atoms with Crippen LogP contribution >= 0.6 is 15.9 Å². The predicted molar refractivity (Wildman–Crippen MR) is 90.3 cm³/mol. The predicted octanol–water partition coefficient (Wildman–Crippen LogP) is 3.96. The Balaban J connectivity index is 1.66. The van der Waals surface area contributed by atoms with Crippen LogP contribution in [0.3, 0.4) is 0 Å². The van der Waals surface area contributed by atoms with Gasteiger partial charge in [-0.05, 0) is 35.2 Å². The molecule has 2 aromatic carbocycles. The largest absolute Gasteiger partial charge is 0.445 e. The highest BCUT2D eigenvalue weighted by Crippen LogP contribution is 2.26. The van der Waals surface area contributed by atoms with Gasteiger partial charge in [-0.2, -0.15) is 0 Å². The van der Waals surface area contributed by atoms with Crippen molar-refractivity contribution in [2.45, 2.75) is 19.6 Å². The molecular weight excluding hydrogens is 358 g/mol. The third-order valence-electron chi connectivity index (χ3n) is 3.92. The molecule has 23 heavy (non-hydrogen) atoms. The molecule has 2 aromatic rings. The first kappa shape index (κ1) is 15.7. The zero-order chi connectivity index (χ0) is 16.2. The number of halogens is 1. The minimum atomic E-state index is -0.324. The van der Waals surface area contributed by atoms with Gasteiger partial charge in [-0.15, -0.1) is 0 Å². The van der Waals surface area contributed by atoms with Gasteiger partial charge in [0, 0.05) is 23.1 Å². The van der Waals surface area contributed by atoms with Crippen LogP contribution in [0.4, 0.5) is 4.79 Å². The SMILES string of the molecule is O=Cc1cc2c(cc1Br)CCN(C(=O)OCc1ccccc1)C2. The average molecular weight is 374 g/mol. The van der Waals surface area contributed by atoms with E-state index < -0.39 is 0 Å². The molecule has 0 spiro atoms. The molecule has 0 atom stereocenters. The topological polar surface area (TPSA) is 46.6 Å². The van der Waals surface area contributed by atoms with Crippen LogP contribution in [0.15, 0.2) is 46.9 Å². The van der Waals surface area contributed by atoms with Crippen LogP contribution in [0.25, 0.3) is 0 Å². The number of hydrogen-bond acceptors (Lipinski definition) is 3. The minimum absolute atomic E-state index is 0.267. The summed E-state index contributed by atoms with van der Waals surface area (Å²) in [6, 6.07) is 13.4. The molecule has 0 bridgehead atoms. The molecule has 1 heterocycles. The molecule has 0 aliphatic carbocycles. The fraction of sp³-hybridized carbons (Fsp3) is 0.222. The Hall–Kier alpha value is -2.14. The van der Waals surface area contributed by atoms with E-state index in [0.717, 1.165) is 33.9 Å². The van der Waals surface area contributed by atoms with Gasteiger partial charge in [0.2, 0.25) is 0 Å². The Morgan fingerprint density at radius 3 is 2.74 bits per heavy atom. The number of carbonyl (C=O) groups excluding carboxylic acids is 2. The monoisotopic (exact) mass is 373 g/mol. The van der Waals surface area contributed by atoms with Crippen molar-refractivity contribution in [3.05, 3.63) is 69.2 Å². The van der Waals surface area contributed by atoms with E-state index >= 15 is 0 Å². The van der Waals surface area contributed by atoms with Crippen LogP contribution in [0, 0.1) is 0 Å². The maximum atomic E-state index is 12.2. The molecule has 0 saturated carbocycles. The molecular formula is C18H16BrNO3. The average Bonchev–Trinajstić information content (AvgIpc) is 2.59. The number of benzene rings is 2. The van der Waals surface area contributed by atoms with Crippen molar-refractivity contribution < 1.29 is 14.3 Å². The lowest BCUT2D eigenvalue weighted by molar-refractivity contribution is 0.0918. The van der Waals surface area contributed by atoms with Crippen LogP contribution < -0.4 is 0 Å². The highest BCUT2D eigenvalue weighted by molar-refractivity contribution is 9.10. The summed E-state index contributed by atoms with van der Waals surface area (Å²) in [5.74, 6) is 0. The van der Waals surface area contributed by atoms with Crippen LogP contribution in [-0.2, 0) is 24.3 Å². The summed E-state index contributed by atoms with van der Waals surface area (Å²) >= 11 is 3.39. The lowest BCUT2D eigenvalue weighted by atomic mass is 9.98. The molecule has 0 N–H and O–H groups in total. The van der Waals surface area contributed by atoms with Crippen LogP contribution in [0.2, 0.25) is 0 Å². The summed E-state index contributed by atoms with van der Waals surface area (Å²) in [6.07, 6.45) is 1.25. The minimum Gasteiger partial charge on any atom is -0.445 e. The Labute approximate surface area is 143 Å². The standard InChI is InChI=1S/C18H16BrNO3/c19-17-9-14-6-7-20(10-15(14)8-16(17)11-21)18(22)23-12-13-4-2-1-3-5-13/h1-5,8-9,11H,6-7,10,12H2. The van der Waals surface area contributed by atoms with E-state index in [2.05, 4.69) is 15.9 Å². The summed E-state index contributed by atoms with van der Waals surface area (Å²) in [4.78, 5) is 25.0. The normalized spacial score (nSPS) is 13.3. The Kier molecular flexibility index (Phi) is 4.76. The molecule has 0 radical (unpaired) electrons. The molecule has 0 aromatic heterocycles. The van der Waals surface area contributed by atoms with E-state index in [4.69, 9.17) is 4.74 Å². The van der Waals surface area contributed by atoms with Crippen molar-refractivity contribution in [1.82, 2.24) is 4.90 Å². The molecule has 1 aliphatic rings. The molecule has 0 saturated heterocycles. The van der Waals surface area contributed by atoms with Crippen molar-refractivity contribution in [2.75, 3.05) is 6.54 Å². The highest BCUT2D eigenvalue weighted by atomic mass is 79.9. The number of carbonyl (C=O) groups is 2. The fourth-order valence-corrected chi connectivity index (χ4v) is 3.14. The number of nitrogens with zero attached hydrogens (tertiary/aromatic N) is 1. The lowest BCUT2D eigenvalue weighted by Gasteiger charge is -2.28. The number of fused-ring (bicyclic) bond motifs is 1. The Morgan fingerprint density at radius 2 is 2.00 bits per heavy atom. The number of hydrogen-bond donors (Lipinski definition) is 0. The summed E-state index contributed by atoms with van der Waals surface area (Å²) < 4.78 is 6.17. The van der Waals surface area contributed by atoms with Gasteiger partial charge >= 0.3 is 6.09 Å². The van der Waals surface area contributed by atoms with Gasteiger partial charge in [0.1, 0.15) is 6.61 Å². The third kappa shape index (κ3) is 3.62. The van der Waals surface area contributed by atoms with Crippen LogP contribution in [-0.4, -0.2) is 23.8 Å². The molecule has 1 amide bonds. The maximum Gasteiger partial charge on any atom is 0.410 e. The summed E-state index contributed by atoms with van der Waals surface area (Å²) in [5.41, 5.74) is 3.72. The number of ether oxygens (including phenoxy) is 1. The van der Waals surface area contributed by atoms with E-state index in [1.54, 1.807) is 4.90 Å². The van der Waals surface area contributed by atoms with Gasteiger partial charge in [-0.3, -0.25) is 4.79 Å². The van der Waals surface area contributed by atoms with Crippen LogP contribution in [0.1, 0.15) is 27.0 Å². The molecule has 4 nitrogen and oxygen atoms in total. The molecule has 5 heteroatoms. The van der Waals surface area contributed by atoms with E-state index in [0.29, 0.717) is 18.7 Å². The van der Waals surface area contributed by atoms with E-state index in [1.165, 1.54) is 0 Å². The van der Waals surface area contributed by atoms with Gasteiger partial charge in [0.05, 0.1) is 0 Å². The maximum absolute atomic E-state index is 12.2. The van der Waals surface area contributed by atoms with E-state index in [9.17, 15) is 9.59 Å². The first-order valence-electron chi connectivity index (χ1n) is 7.39.